The summed E-state index contributed by atoms with van der Waals surface area (Å²) in [6.45, 7) is 5.45. The van der Waals surface area contributed by atoms with Gasteiger partial charge in [0.05, 0.1) is 21.2 Å². The Balaban J connectivity index is 0.000000273. The van der Waals surface area contributed by atoms with Crippen molar-refractivity contribution in [1.82, 2.24) is 0 Å². The van der Waals surface area contributed by atoms with Crippen LogP contribution in [0.25, 0.3) is 0 Å². The lowest BCUT2D eigenvalue weighted by molar-refractivity contribution is 0.00694. The van der Waals surface area contributed by atoms with Gasteiger partial charge in [-0.3, -0.25) is 0 Å². The minimum Gasteiger partial charge on any atom is -0.478 e. The van der Waals surface area contributed by atoms with Gasteiger partial charge in [0.1, 0.15) is 5.60 Å². The number of carboxylic acid groups (broad SMARTS) is 1. The lowest BCUT2D eigenvalue weighted by Gasteiger charge is -2.19. The largest absolute Gasteiger partial charge is 0.478 e. The Morgan fingerprint density at radius 1 is 0.923 bits per heavy atom. The molecule has 0 atom stereocenters. The summed E-state index contributed by atoms with van der Waals surface area (Å²) < 4.78 is 6.72. The fourth-order valence-corrected chi connectivity index (χ4v) is 2.76. The molecule has 0 heterocycles. The molecule has 0 aliphatic carbocycles. The number of carbonyl (C=O) groups excluding carboxylic acids is 1. The van der Waals surface area contributed by atoms with Gasteiger partial charge in [0.15, 0.2) is 0 Å². The number of halogens is 4. The van der Waals surface area contributed by atoms with Gasteiger partial charge in [-0.1, -0.05) is 55.1 Å². The minimum absolute atomic E-state index is 0.112. The molecule has 0 aromatic heterocycles. The molecule has 4 nitrogen and oxygen atoms in total. The smallest absolute Gasteiger partial charge is 0.340 e. The fraction of sp³-hybridized carbons (Fsp3) is 0.222. The van der Waals surface area contributed by atoms with Gasteiger partial charge in [0.2, 0.25) is 0 Å². The summed E-state index contributed by atoms with van der Waals surface area (Å²) in [5, 5.41) is 9.23. The normalized spacial score (nSPS) is 10.6. The van der Waals surface area contributed by atoms with Crippen LogP contribution in [0.15, 0.2) is 45.3 Å². The maximum Gasteiger partial charge on any atom is 0.340 e. The predicted octanol–water partition coefficient (Wildman–Crippen LogP) is 6.86. The Kier molecular flexibility index (Phi) is 8.60. The topological polar surface area (TPSA) is 63.6 Å². The molecule has 140 valence electrons. The summed E-state index contributed by atoms with van der Waals surface area (Å²) in [5.74, 6) is -1.43. The van der Waals surface area contributed by atoms with Crippen LogP contribution in [-0.2, 0) is 4.74 Å². The number of carboxylic acids is 1. The summed E-state index contributed by atoms with van der Waals surface area (Å²) in [4.78, 5) is 22.2. The fourth-order valence-electron chi connectivity index (χ4n) is 1.65. The van der Waals surface area contributed by atoms with Gasteiger partial charge in [-0.05, 0) is 57.2 Å². The van der Waals surface area contributed by atoms with Gasteiger partial charge in [0, 0.05) is 8.95 Å². The zero-order chi connectivity index (χ0) is 20.1. The Bertz CT molecular complexity index is 817. The first-order valence-corrected chi connectivity index (χ1v) is 9.61. The monoisotopic (exact) mass is 524 g/mol. The molecule has 0 radical (unpaired) electrons. The molecule has 0 bridgehead atoms. The SMILES string of the molecule is CC(C)(C)OC(=O)c1cc(Br)ccc1Cl.O=C(O)c1cc(Br)ccc1Cl. The van der Waals surface area contributed by atoms with Gasteiger partial charge >= 0.3 is 11.9 Å². The van der Waals surface area contributed by atoms with Crippen molar-refractivity contribution < 1.29 is 19.4 Å². The van der Waals surface area contributed by atoms with E-state index in [-0.39, 0.29) is 10.6 Å². The molecular weight excluding hydrogens is 511 g/mol. The number of hydrogen-bond donors (Lipinski definition) is 1. The molecule has 0 saturated heterocycles. The molecule has 8 heteroatoms. The van der Waals surface area contributed by atoms with Crippen LogP contribution < -0.4 is 0 Å². The van der Waals surface area contributed by atoms with Crippen molar-refractivity contribution in [1.29, 1.82) is 0 Å². The van der Waals surface area contributed by atoms with E-state index in [2.05, 4.69) is 31.9 Å². The van der Waals surface area contributed by atoms with Crippen molar-refractivity contribution in [2.45, 2.75) is 26.4 Å². The van der Waals surface area contributed by atoms with Crippen molar-refractivity contribution in [3.63, 3.8) is 0 Å². The number of benzene rings is 2. The summed E-state index contributed by atoms with van der Waals surface area (Å²) in [7, 11) is 0. The highest BCUT2D eigenvalue weighted by Gasteiger charge is 2.20. The van der Waals surface area contributed by atoms with Crippen LogP contribution in [-0.4, -0.2) is 22.6 Å². The van der Waals surface area contributed by atoms with Gasteiger partial charge in [-0.25, -0.2) is 9.59 Å². The van der Waals surface area contributed by atoms with Gasteiger partial charge in [-0.15, -0.1) is 0 Å². The van der Waals surface area contributed by atoms with E-state index in [0.717, 1.165) is 4.47 Å². The molecule has 0 aliphatic rings. The standard InChI is InChI=1S/C11H12BrClO2.C7H4BrClO2/c1-11(2,3)15-10(14)8-6-7(12)4-5-9(8)13;8-4-1-2-6(9)5(3-4)7(10)11/h4-6H,1-3H3;1-3H,(H,10,11). The summed E-state index contributed by atoms with van der Waals surface area (Å²) in [6.07, 6.45) is 0. The number of hydrogen-bond acceptors (Lipinski definition) is 3. The maximum absolute atomic E-state index is 11.7. The van der Waals surface area contributed by atoms with Crippen LogP contribution in [0.1, 0.15) is 41.5 Å². The van der Waals surface area contributed by atoms with E-state index in [0.29, 0.717) is 15.1 Å². The first-order valence-electron chi connectivity index (χ1n) is 7.27. The molecule has 26 heavy (non-hydrogen) atoms. The number of ether oxygens (including phenoxy) is 1. The van der Waals surface area contributed by atoms with Crippen LogP contribution in [0.4, 0.5) is 0 Å². The van der Waals surface area contributed by atoms with Crippen LogP contribution >= 0.6 is 55.1 Å². The maximum atomic E-state index is 11.7. The van der Waals surface area contributed by atoms with Gasteiger partial charge in [0.25, 0.3) is 0 Å². The number of aromatic carboxylic acids is 1. The van der Waals surface area contributed by atoms with E-state index < -0.39 is 17.5 Å². The second-order valence-electron chi connectivity index (χ2n) is 6.06. The zero-order valence-electron chi connectivity index (χ0n) is 14.1. The van der Waals surface area contributed by atoms with Crippen LogP contribution in [0.5, 0.6) is 0 Å². The summed E-state index contributed by atoms with van der Waals surface area (Å²) >= 11 is 17.9. The second-order valence-corrected chi connectivity index (χ2v) is 8.70. The zero-order valence-corrected chi connectivity index (χ0v) is 18.8. The van der Waals surface area contributed by atoms with E-state index in [1.54, 1.807) is 24.3 Å². The van der Waals surface area contributed by atoms with Crippen LogP contribution in [0.3, 0.4) is 0 Å². The molecular formula is C18H16Br2Cl2O4. The molecule has 0 saturated carbocycles. The lowest BCUT2D eigenvalue weighted by Crippen LogP contribution is -2.24. The number of esters is 1. The third kappa shape index (κ3) is 7.66. The minimum atomic E-state index is -1.02. The van der Waals surface area contributed by atoms with E-state index in [9.17, 15) is 9.59 Å². The Morgan fingerprint density at radius 2 is 1.35 bits per heavy atom. The molecule has 0 unspecified atom stereocenters. The Labute approximate surface area is 178 Å². The van der Waals surface area contributed by atoms with E-state index >= 15 is 0 Å². The first-order chi connectivity index (χ1) is 11.9. The number of carbonyl (C=O) groups is 2. The highest BCUT2D eigenvalue weighted by Crippen LogP contribution is 2.23. The Hall–Kier alpha value is -1.08. The van der Waals surface area contributed by atoms with E-state index in [1.165, 1.54) is 12.1 Å². The summed E-state index contributed by atoms with van der Waals surface area (Å²) in [5.41, 5.74) is -0.0232. The predicted molar refractivity (Wildman–Crippen MR) is 110 cm³/mol. The van der Waals surface area contributed by atoms with Gasteiger partial charge < -0.3 is 9.84 Å². The van der Waals surface area contributed by atoms with Crippen LogP contribution in [0, 0.1) is 0 Å². The molecule has 0 aliphatic heterocycles. The number of rotatable bonds is 2. The quantitative estimate of drug-likeness (QED) is 0.434. The van der Waals surface area contributed by atoms with Crippen molar-refractivity contribution in [2.75, 3.05) is 0 Å². The third-order valence-corrected chi connectivity index (χ3v) is 4.35. The molecule has 0 amide bonds. The lowest BCUT2D eigenvalue weighted by atomic mass is 10.1. The third-order valence-electron chi connectivity index (χ3n) is 2.71. The van der Waals surface area contributed by atoms with Crippen molar-refractivity contribution in [3.8, 4) is 0 Å². The molecule has 0 fully saturated rings. The van der Waals surface area contributed by atoms with Gasteiger partial charge in [-0.2, -0.15) is 0 Å². The average molecular weight is 527 g/mol. The molecule has 1 N–H and O–H groups in total. The molecule has 2 aromatic rings. The van der Waals surface area contributed by atoms with E-state index in [1.807, 2.05) is 20.8 Å². The molecule has 2 rings (SSSR count). The molecule has 0 spiro atoms. The molecule has 2 aromatic carbocycles. The van der Waals surface area contributed by atoms with Crippen molar-refractivity contribution in [3.05, 3.63) is 66.5 Å². The van der Waals surface area contributed by atoms with Crippen LogP contribution in [0.2, 0.25) is 10.0 Å². The highest BCUT2D eigenvalue weighted by molar-refractivity contribution is 9.10. The van der Waals surface area contributed by atoms with E-state index in [4.69, 9.17) is 33.0 Å². The second kappa shape index (κ2) is 9.74. The van der Waals surface area contributed by atoms with Crippen molar-refractivity contribution in [2.24, 2.45) is 0 Å². The highest BCUT2D eigenvalue weighted by atomic mass is 79.9. The summed E-state index contributed by atoms with van der Waals surface area (Å²) in [6, 6.07) is 9.77. The average Bonchev–Trinajstić information content (AvgIpc) is 2.50. The van der Waals surface area contributed by atoms with Crippen molar-refractivity contribution >= 4 is 67.0 Å². The first kappa shape index (κ1) is 23.0. The Morgan fingerprint density at radius 3 is 1.73 bits per heavy atom.